The number of hydrogen-bond acceptors (Lipinski definition) is 5. The topological polar surface area (TPSA) is 74.7 Å². The van der Waals surface area contributed by atoms with Gasteiger partial charge in [-0.3, -0.25) is 4.79 Å². The number of carbonyl (C=O) groups excluding carboxylic acids is 1. The van der Waals surface area contributed by atoms with E-state index in [0.717, 1.165) is 28.9 Å². The standard InChI is InChI=1S/C20H24BrN3O3/c1-13-11-24(12-14(2)27-13)19-7-6-15(10-22-19)23-20(26)17-4-3-5-18(21)16(17)8-9-25/h3-7,10,13-14,25H,8-9,11-12H2,1-2H3,(H,23,26)/t13-,14+. The quantitative estimate of drug-likeness (QED) is 0.756. The number of carbonyl (C=O) groups is 1. The van der Waals surface area contributed by atoms with Gasteiger partial charge in [0.25, 0.3) is 5.91 Å². The van der Waals surface area contributed by atoms with Crippen LogP contribution in [-0.2, 0) is 11.2 Å². The van der Waals surface area contributed by atoms with Gasteiger partial charge in [0.2, 0.25) is 0 Å². The van der Waals surface area contributed by atoms with Crippen molar-refractivity contribution in [2.75, 3.05) is 29.9 Å². The van der Waals surface area contributed by atoms with Crippen LogP contribution in [0, 0.1) is 0 Å². The molecule has 2 aromatic rings. The molecule has 1 saturated heterocycles. The highest BCUT2D eigenvalue weighted by Gasteiger charge is 2.23. The van der Waals surface area contributed by atoms with Crippen LogP contribution in [0.4, 0.5) is 11.5 Å². The van der Waals surface area contributed by atoms with Gasteiger partial charge in [-0.2, -0.15) is 0 Å². The minimum Gasteiger partial charge on any atom is -0.396 e. The lowest BCUT2D eigenvalue weighted by atomic mass is 10.0. The molecule has 1 aromatic carbocycles. The molecule has 2 N–H and O–H groups in total. The Morgan fingerprint density at radius 3 is 2.67 bits per heavy atom. The molecule has 1 amide bonds. The minimum atomic E-state index is -0.220. The number of amides is 1. The maximum atomic E-state index is 12.7. The molecule has 1 aliphatic rings. The minimum absolute atomic E-state index is 0.0183. The summed E-state index contributed by atoms with van der Waals surface area (Å²) in [7, 11) is 0. The van der Waals surface area contributed by atoms with Gasteiger partial charge < -0.3 is 20.1 Å². The first-order chi connectivity index (χ1) is 13.0. The molecule has 0 saturated carbocycles. The molecule has 0 radical (unpaired) electrons. The van der Waals surface area contributed by atoms with Gasteiger partial charge in [0.05, 0.1) is 24.1 Å². The molecule has 27 heavy (non-hydrogen) atoms. The number of benzene rings is 1. The van der Waals surface area contributed by atoms with E-state index in [1.54, 1.807) is 12.3 Å². The van der Waals surface area contributed by atoms with E-state index in [1.807, 2.05) is 24.3 Å². The van der Waals surface area contributed by atoms with Crippen LogP contribution in [0.1, 0.15) is 29.8 Å². The van der Waals surface area contributed by atoms with Crippen LogP contribution in [-0.4, -0.2) is 47.9 Å². The van der Waals surface area contributed by atoms with Crippen molar-refractivity contribution in [2.24, 2.45) is 0 Å². The molecule has 2 atom stereocenters. The maximum absolute atomic E-state index is 12.7. The van der Waals surface area contributed by atoms with Crippen molar-refractivity contribution in [3.63, 3.8) is 0 Å². The Morgan fingerprint density at radius 2 is 2.04 bits per heavy atom. The first kappa shape index (κ1) is 19.8. The van der Waals surface area contributed by atoms with Gasteiger partial charge in [0.1, 0.15) is 5.82 Å². The second kappa shape index (κ2) is 8.82. The van der Waals surface area contributed by atoms with Crippen molar-refractivity contribution in [1.29, 1.82) is 0 Å². The molecule has 1 aromatic heterocycles. The molecule has 6 nitrogen and oxygen atoms in total. The van der Waals surface area contributed by atoms with E-state index in [4.69, 9.17) is 4.74 Å². The average molecular weight is 434 g/mol. The van der Waals surface area contributed by atoms with Crippen LogP contribution in [0.15, 0.2) is 41.0 Å². The summed E-state index contributed by atoms with van der Waals surface area (Å²) in [5.41, 5.74) is 1.96. The monoisotopic (exact) mass is 433 g/mol. The third kappa shape index (κ3) is 4.86. The fourth-order valence-corrected chi connectivity index (χ4v) is 3.91. The van der Waals surface area contributed by atoms with Crippen LogP contribution < -0.4 is 10.2 Å². The predicted octanol–water partition coefficient (Wildman–Crippen LogP) is 3.24. The number of nitrogens with one attached hydrogen (secondary N) is 1. The van der Waals surface area contributed by atoms with Crippen LogP contribution >= 0.6 is 15.9 Å². The summed E-state index contributed by atoms with van der Waals surface area (Å²) in [6, 6.07) is 9.19. The van der Waals surface area contributed by atoms with Gasteiger partial charge in [0, 0.05) is 29.7 Å². The SMILES string of the molecule is C[C@@H]1CN(c2ccc(NC(=O)c3cccc(Br)c3CCO)cn2)C[C@H](C)O1. The summed E-state index contributed by atoms with van der Waals surface area (Å²) in [4.78, 5) is 19.4. The molecule has 7 heteroatoms. The van der Waals surface area contributed by atoms with Crippen molar-refractivity contribution < 1.29 is 14.6 Å². The lowest BCUT2D eigenvalue weighted by Gasteiger charge is -2.36. The smallest absolute Gasteiger partial charge is 0.256 e. The van der Waals surface area contributed by atoms with Crippen LogP contribution in [0.2, 0.25) is 0 Å². The van der Waals surface area contributed by atoms with Crippen molar-refractivity contribution in [2.45, 2.75) is 32.5 Å². The Labute approximate surface area is 167 Å². The summed E-state index contributed by atoms with van der Waals surface area (Å²) < 4.78 is 6.57. The molecule has 1 aliphatic heterocycles. The van der Waals surface area contributed by atoms with Crippen LogP contribution in [0.25, 0.3) is 0 Å². The largest absolute Gasteiger partial charge is 0.396 e. The zero-order chi connectivity index (χ0) is 19.4. The number of aliphatic hydroxyl groups excluding tert-OH is 1. The van der Waals surface area contributed by atoms with E-state index in [2.05, 4.69) is 45.0 Å². The molecule has 1 fully saturated rings. The highest BCUT2D eigenvalue weighted by atomic mass is 79.9. The molecule has 0 spiro atoms. The van der Waals surface area contributed by atoms with E-state index in [1.165, 1.54) is 0 Å². The highest BCUT2D eigenvalue weighted by Crippen LogP contribution is 2.23. The van der Waals surface area contributed by atoms with E-state index in [0.29, 0.717) is 17.7 Å². The summed E-state index contributed by atoms with van der Waals surface area (Å²) in [6.07, 6.45) is 2.41. The fourth-order valence-electron chi connectivity index (χ4n) is 3.35. The Hall–Kier alpha value is -1.96. The molecule has 0 aliphatic carbocycles. The number of halogens is 1. The van der Waals surface area contributed by atoms with Crippen LogP contribution in [0.3, 0.4) is 0 Å². The number of anilines is 2. The van der Waals surface area contributed by atoms with Gasteiger partial charge >= 0.3 is 0 Å². The van der Waals surface area contributed by atoms with Crippen molar-refractivity contribution in [1.82, 2.24) is 4.98 Å². The number of morpholine rings is 1. The number of rotatable bonds is 5. The van der Waals surface area contributed by atoms with Crippen molar-refractivity contribution in [3.8, 4) is 0 Å². The summed E-state index contributed by atoms with van der Waals surface area (Å²) in [5, 5.41) is 12.1. The molecule has 0 bridgehead atoms. The molecule has 0 unspecified atom stereocenters. The van der Waals surface area contributed by atoms with Crippen LogP contribution in [0.5, 0.6) is 0 Å². The Morgan fingerprint density at radius 1 is 1.30 bits per heavy atom. The van der Waals surface area contributed by atoms with Gasteiger partial charge in [-0.1, -0.05) is 22.0 Å². The van der Waals surface area contributed by atoms with Gasteiger partial charge in [-0.15, -0.1) is 0 Å². The second-order valence-corrected chi connectivity index (χ2v) is 7.62. The third-order valence-electron chi connectivity index (χ3n) is 4.47. The number of pyridine rings is 1. The van der Waals surface area contributed by atoms with Crippen molar-refractivity contribution in [3.05, 3.63) is 52.1 Å². The average Bonchev–Trinajstić information content (AvgIpc) is 2.63. The Bertz CT molecular complexity index is 788. The van der Waals surface area contributed by atoms with Crippen molar-refractivity contribution >= 4 is 33.3 Å². The summed E-state index contributed by atoms with van der Waals surface area (Å²) >= 11 is 3.45. The number of hydrogen-bond donors (Lipinski definition) is 2. The molecular formula is C20H24BrN3O3. The zero-order valence-corrected chi connectivity index (χ0v) is 17.1. The van der Waals surface area contributed by atoms with E-state index in [-0.39, 0.29) is 24.7 Å². The first-order valence-electron chi connectivity index (χ1n) is 9.04. The van der Waals surface area contributed by atoms with Gasteiger partial charge in [-0.05, 0) is 50.1 Å². The number of nitrogens with zero attached hydrogens (tertiary/aromatic N) is 2. The van der Waals surface area contributed by atoms with Gasteiger partial charge in [-0.25, -0.2) is 4.98 Å². The first-order valence-corrected chi connectivity index (χ1v) is 9.83. The zero-order valence-electron chi connectivity index (χ0n) is 15.5. The second-order valence-electron chi connectivity index (χ2n) is 6.76. The number of aliphatic hydroxyl groups is 1. The Kier molecular flexibility index (Phi) is 6.46. The maximum Gasteiger partial charge on any atom is 0.256 e. The fraction of sp³-hybridized carbons (Fsp3) is 0.400. The number of aromatic nitrogens is 1. The number of ether oxygens (including phenoxy) is 1. The lowest BCUT2D eigenvalue weighted by molar-refractivity contribution is -0.00545. The molecule has 3 rings (SSSR count). The summed E-state index contributed by atoms with van der Waals surface area (Å²) in [5.74, 6) is 0.654. The lowest BCUT2D eigenvalue weighted by Crippen LogP contribution is -2.45. The van der Waals surface area contributed by atoms with E-state index >= 15 is 0 Å². The molecular weight excluding hydrogens is 410 g/mol. The van der Waals surface area contributed by atoms with E-state index in [9.17, 15) is 9.90 Å². The van der Waals surface area contributed by atoms with E-state index < -0.39 is 0 Å². The summed E-state index contributed by atoms with van der Waals surface area (Å²) in [6.45, 7) is 5.69. The normalized spacial score (nSPS) is 19.8. The molecule has 144 valence electrons. The van der Waals surface area contributed by atoms with Gasteiger partial charge in [0.15, 0.2) is 0 Å². The third-order valence-corrected chi connectivity index (χ3v) is 5.22. The predicted molar refractivity (Wildman–Crippen MR) is 109 cm³/mol. The Balaban J connectivity index is 1.72. The molecule has 2 heterocycles. The highest BCUT2D eigenvalue weighted by molar-refractivity contribution is 9.10.